The second kappa shape index (κ2) is 6.17. The Morgan fingerprint density at radius 3 is 1.59 bits per heavy atom. The van der Waals surface area contributed by atoms with Gasteiger partial charge in [0.15, 0.2) is 0 Å². The van der Waals surface area contributed by atoms with Gasteiger partial charge in [0.2, 0.25) is 11.8 Å². The largest absolute Gasteiger partial charge is 0.437 e. The highest BCUT2D eigenvalue weighted by molar-refractivity contribution is 5.37. The summed E-state index contributed by atoms with van der Waals surface area (Å²) in [7, 11) is 0. The zero-order chi connectivity index (χ0) is 15.4. The van der Waals surface area contributed by atoms with Crippen molar-refractivity contribution in [2.45, 2.75) is 13.8 Å². The van der Waals surface area contributed by atoms with Crippen LogP contribution in [0.2, 0.25) is 0 Å². The molecular weight excluding hydrogens is 280 g/mol. The summed E-state index contributed by atoms with van der Waals surface area (Å²) in [6, 6.07) is 7.25. The number of benzene rings is 1. The smallest absolute Gasteiger partial charge is 0.240 e. The number of nitrogens with zero attached hydrogens (tertiary/aromatic N) is 4. The van der Waals surface area contributed by atoms with E-state index in [4.69, 9.17) is 9.47 Å². The molecule has 1 aromatic carbocycles. The molecule has 2 heterocycles. The molecule has 0 aliphatic carbocycles. The Hall–Kier alpha value is -3.02. The fraction of sp³-hybridized carbons (Fsp3) is 0.125. The summed E-state index contributed by atoms with van der Waals surface area (Å²) in [4.78, 5) is 16.6. The van der Waals surface area contributed by atoms with Crippen molar-refractivity contribution in [3.8, 4) is 23.3 Å². The van der Waals surface area contributed by atoms with Crippen molar-refractivity contribution >= 4 is 0 Å². The molecule has 0 amide bonds. The molecule has 110 valence electrons. The van der Waals surface area contributed by atoms with Crippen LogP contribution in [0, 0.1) is 13.8 Å². The highest BCUT2D eigenvalue weighted by Gasteiger charge is 2.07. The van der Waals surface area contributed by atoms with Gasteiger partial charge in [0.25, 0.3) is 0 Å². The van der Waals surface area contributed by atoms with Gasteiger partial charge < -0.3 is 9.47 Å². The lowest BCUT2D eigenvalue weighted by atomic mass is 10.3. The summed E-state index contributed by atoms with van der Waals surface area (Å²) in [6.45, 7) is 3.68. The van der Waals surface area contributed by atoms with Crippen LogP contribution in [0.3, 0.4) is 0 Å². The van der Waals surface area contributed by atoms with Crippen LogP contribution in [0.25, 0.3) is 0 Å². The van der Waals surface area contributed by atoms with Gasteiger partial charge in [-0.3, -0.25) is 9.97 Å². The quantitative estimate of drug-likeness (QED) is 0.733. The number of aromatic nitrogens is 4. The Morgan fingerprint density at radius 1 is 0.682 bits per heavy atom. The Bertz CT molecular complexity index is 730. The predicted molar refractivity (Wildman–Crippen MR) is 80.1 cm³/mol. The average molecular weight is 294 g/mol. The van der Waals surface area contributed by atoms with Gasteiger partial charge in [0, 0.05) is 30.9 Å². The highest BCUT2D eigenvalue weighted by atomic mass is 16.5. The molecule has 0 spiro atoms. The zero-order valence-corrected chi connectivity index (χ0v) is 12.2. The first-order valence-electron chi connectivity index (χ1n) is 6.73. The maximum absolute atomic E-state index is 5.73. The fourth-order valence-corrected chi connectivity index (χ4v) is 1.81. The maximum atomic E-state index is 5.73. The molecule has 3 aromatic rings. The van der Waals surface area contributed by atoms with Crippen LogP contribution in [0.1, 0.15) is 11.4 Å². The van der Waals surface area contributed by atoms with E-state index in [2.05, 4.69) is 19.9 Å². The first kappa shape index (κ1) is 13.9. The van der Waals surface area contributed by atoms with Gasteiger partial charge in [0.1, 0.15) is 11.5 Å². The summed E-state index contributed by atoms with van der Waals surface area (Å²) in [6.07, 6.45) is 6.42. The van der Waals surface area contributed by atoms with Gasteiger partial charge in [-0.2, -0.15) is 0 Å². The van der Waals surface area contributed by atoms with E-state index in [-0.39, 0.29) is 0 Å². The minimum Gasteiger partial charge on any atom is -0.437 e. The van der Waals surface area contributed by atoms with E-state index in [9.17, 15) is 0 Å². The summed E-state index contributed by atoms with van der Waals surface area (Å²) in [5, 5.41) is 0. The Labute approximate surface area is 127 Å². The monoisotopic (exact) mass is 294 g/mol. The van der Waals surface area contributed by atoms with Crippen molar-refractivity contribution in [1.29, 1.82) is 0 Å². The van der Waals surface area contributed by atoms with E-state index < -0.39 is 0 Å². The predicted octanol–water partition coefficient (Wildman–Crippen LogP) is 3.47. The molecule has 0 N–H and O–H groups in total. The molecule has 0 unspecified atom stereocenters. The molecule has 0 radical (unpaired) electrons. The van der Waals surface area contributed by atoms with Gasteiger partial charge in [-0.05, 0) is 26.0 Å². The minimum atomic E-state index is 0.468. The molecular formula is C16H14N4O2. The molecule has 3 rings (SSSR count). The summed E-state index contributed by atoms with van der Waals surface area (Å²) in [5.41, 5.74) is 1.44. The summed E-state index contributed by atoms with van der Waals surface area (Å²) >= 11 is 0. The molecule has 0 aliphatic heterocycles. The molecule has 0 bridgehead atoms. The molecule has 2 aromatic heterocycles. The SMILES string of the molecule is Cc1nccnc1Oc1cccc(Oc2nccnc2C)c1. The second-order valence-electron chi connectivity index (χ2n) is 4.57. The van der Waals surface area contributed by atoms with Gasteiger partial charge in [0.05, 0.1) is 11.4 Å². The van der Waals surface area contributed by atoms with Crippen LogP contribution in [-0.4, -0.2) is 19.9 Å². The number of hydrogen-bond acceptors (Lipinski definition) is 6. The molecule has 22 heavy (non-hydrogen) atoms. The van der Waals surface area contributed by atoms with E-state index in [0.717, 1.165) is 11.4 Å². The Balaban J connectivity index is 1.81. The van der Waals surface area contributed by atoms with Crippen molar-refractivity contribution in [3.05, 3.63) is 60.4 Å². The van der Waals surface area contributed by atoms with Crippen LogP contribution in [0.5, 0.6) is 23.3 Å². The molecule has 6 nitrogen and oxygen atoms in total. The van der Waals surface area contributed by atoms with E-state index >= 15 is 0 Å². The van der Waals surface area contributed by atoms with Gasteiger partial charge >= 0.3 is 0 Å². The van der Waals surface area contributed by atoms with Crippen LogP contribution in [0.15, 0.2) is 49.1 Å². The lowest BCUT2D eigenvalue weighted by Crippen LogP contribution is -1.95. The number of aryl methyl sites for hydroxylation is 2. The first-order chi connectivity index (χ1) is 10.7. The molecule has 0 saturated carbocycles. The lowest BCUT2D eigenvalue weighted by Gasteiger charge is -2.09. The standard InChI is InChI=1S/C16H14N4O2/c1-11-15(19-8-6-17-11)21-13-4-3-5-14(10-13)22-16-12(2)18-7-9-20-16/h3-10H,1-2H3. The minimum absolute atomic E-state index is 0.468. The van der Waals surface area contributed by atoms with Crippen molar-refractivity contribution < 1.29 is 9.47 Å². The van der Waals surface area contributed by atoms with Crippen molar-refractivity contribution in [3.63, 3.8) is 0 Å². The van der Waals surface area contributed by atoms with E-state index in [0.29, 0.717) is 23.3 Å². The van der Waals surface area contributed by atoms with Gasteiger partial charge in [-0.1, -0.05) is 6.07 Å². The van der Waals surface area contributed by atoms with Crippen molar-refractivity contribution in [1.82, 2.24) is 19.9 Å². The molecule has 0 aliphatic rings. The average Bonchev–Trinajstić information content (AvgIpc) is 2.52. The van der Waals surface area contributed by atoms with E-state index in [1.165, 1.54) is 0 Å². The van der Waals surface area contributed by atoms with Crippen molar-refractivity contribution in [2.24, 2.45) is 0 Å². The third-order valence-corrected chi connectivity index (χ3v) is 2.91. The maximum Gasteiger partial charge on any atom is 0.240 e. The summed E-state index contributed by atoms with van der Waals surface area (Å²) < 4.78 is 11.5. The fourth-order valence-electron chi connectivity index (χ4n) is 1.81. The molecule has 6 heteroatoms. The lowest BCUT2D eigenvalue weighted by molar-refractivity contribution is 0.435. The summed E-state index contributed by atoms with van der Waals surface area (Å²) in [5.74, 6) is 2.16. The van der Waals surface area contributed by atoms with Crippen LogP contribution >= 0.6 is 0 Å². The normalized spacial score (nSPS) is 10.3. The van der Waals surface area contributed by atoms with Crippen molar-refractivity contribution in [2.75, 3.05) is 0 Å². The van der Waals surface area contributed by atoms with Gasteiger partial charge in [-0.15, -0.1) is 0 Å². The molecule has 0 saturated heterocycles. The number of hydrogen-bond donors (Lipinski definition) is 0. The topological polar surface area (TPSA) is 70.0 Å². The third kappa shape index (κ3) is 3.17. The third-order valence-electron chi connectivity index (χ3n) is 2.91. The van der Waals surface area contributed by atoms with Gasteiger partial charge in [-0.25, -0.2) is 9.97 Å². The number of ether oxygens (including phenoxy) is 2. The second-order valence-corrected chi connectivity index (χ2v) is 4.57. The Kier molecular flexibility index (Phi) is 3.91. The molecule has 0 fully saturated rings. The highest BCUT2D eigenvalue weighted by Crippen LogP contribution is 2.28. The Morgan fingerprint density at radius 2 is 1.14 bits per heavy atom. The number of rotatable bonds is 4. The van der Waals surface area contributed by atoms with Crippen LogP contribution in [0.4, 0.5) is 0 Å². The van der Waals surface area contributed by atoms with E-state index in [1.54, 1.807) is 30.9 Å². The first-order valence-corrected chi connectivity index (χ1v) is 6.73. The van der Waals surface area contributed by atoms with Crippen LogP contribution < -0.4 is 9.47 Å². The van der Waals surface area contributed by atoms with E-state index in [1.807, 2.05) is 32.0 Å². The molecule has 0 atom stereocenters. The zero-order valence-electron chi connectivity index (χ0n) is 12.2. The van der Waals surface area contributed by atoms with Crippen LogP contribution in [-0.2, 0) is 0 Å².